The molecule has 0 aliphatic carbocycles. The third kappa shape index (κ3) is 2.48. The van der Waals surface area contributed by atoms with E-state index in [-0.39, 0.29) is 0 Å². The highest BCUT2D eigenvalue weighted by molar-refractivity contribution is 7.91. The van der Waals surface area contributed by atoms with Crippen LogP contribution in [0, 0.1) is 0 Å². The van der Waals surface area contributed by atoms with Crippen molar-refractivity contribution >= 4 is 32.8 Å². The number of thiophene rings is 1. The van der Waals surface area contributed by atoms with Crippen molar-refractivity contribution in [2.24, 2.45) is 5.73 Å². The summed E-state index contributed by atoms with van der Waals surface area (Å²) < 4.78 is 22.5. The molecule has 0 saturated carbocycles. The molecule has 0 bridgehead atoms. The Balaban J connectivity index is 2.97. The lowest BCUT2D eigenvalue weighted by molar-refractivity contribution is 0.573. The Bertz CT molecular complexity index is 413. The fourth-order valence-corrected chi connectivity index (χ4v) is 3.07. The van der Waals surface area contributed by atoms with E-state index in [2.05, 4.69) is 0 Å². The summed E-state index contributed by atoms with van der Waals surface area (Å²) in [4.78, 5) is 0.726. The first kappa shape index (κ1) is 12.0. The molecule has 2 N–H and O–H groups in total. The van der Waals surface area contributed by atoms with E-state index in [1.54, 1.807) is 18.4 Å². The average molecular weight is 254 g/mol. The van der Waals surface area contributed by atoms with Gasteiger partial charge in [0, 0.05) is 11.1 Å². The normalized spacial score (nSPS) is 16.6. The number of sulfone groups is 1. The minimum Gasteiger partial charge on any atom is -0.322 e. The molecule has 0 amide bonds. The van der Waals surface area contributed by atoms with Gasteiger partial charge in [0.15, 0.2) is 9.84 Å². The van der Waals surface area contributed by atoms with Crippen molar-refractivity contribution in [3.63, 3.8) is 0 Å². The van der Waals surface area contributed by atoms with Crippen LogP contribution in [0.1, 0.15) is 17.8 Å². The van der Waals surface area contributed by atoms with Crippen LogP contribution in [0.25, 0.3) is 0 Å². The van der Waals surface area contributed by atoms with Gasteiger partial charge in [-0.3, -0.25) is 0 Å². The molecular formula is C8H12ClNO2S2. The Morgan fingerprint density at radius 3 is 2.50 bits per heavy atom. The second-order valence-electron chi connectivity index (χ2n) is 3.19. The second-order valence-corrected chi connectivity index (χ2v) is 6.95. The van der Waals surface area contributed by atoms with Crippen molar-refractivity contribution in [2.75, 3.05) is 6.26 Å². The number of nitrogens with two attached hydrogens (primary N) is 1. The van der Waals surface area contributed by atoms with Crippen LogP contribution in [0.4, 0.5) is 0 Å². The largest absolute Gasteiger partial charge is 0.322 e. The summed E-state index contributed by atoms with van der Waals surface area (Å²) in [6, 6.07) is 1.17. The highest BCUT2D eigenvalue weighted by Crippen LogP contribution is 2.30. The van der Waals surface area contributed by atoms with E-state index >= 15 is 0 Å². The molecule has 1 aromatic heterocycles. The maximum Gasteiger partial charge on any atom is 0.151 e. The van der Waals surface area contributed by atoms with Crippen LogP contribution in [0.2, 0.25) is 5.02 Å². The van der Waals surface area contributed by atoms with Gasteiger partial charge in [-0.25, -0.2) is 8.42 Å². The molecule has 1 heterocycles. The molecular weight excluding hydrogens is 242 g/mol. The van der Waals surface area contributed by atoms with E-state index in [1.165, 1.54) is 17.6 Å². The molecule has 6 heteroatoms. The lowest BCUT2D eigenvalue weighted by Crippen LogP contribution is -2.29. The first-order valence-electron chi connectivity index (χ1n) is 4.01. The Morgan fingerprint density at radius 2 is 2.14 bits per heavy atom. The summed E-state index contributed by atoms with van der Waals surface area (Å²) in [5, 5.41) is 1.73. The van der Waals surface area contributed by atoms with Crippen molar-refractivity contribution in [2.45, 2.75) is 18.2 Å². The predicted octanol–water partition coefficient (Wildman–Crippen LogP) is 1.83. The van der Waals surface area contributed by atoms with Gasteiger partial charge in [-0.1, -0.05) is 11.6 Å². The van der Waals surface area contributed by atoms with E-state index in [0.717, 1.165) is 4.88 Å². The lowest BCUT2D eigenvalue weighted by Gasteiger charge is -2.17. The van der Waals surface area contributed by atoms with Gasteiger partial charge in [-0.2, -0.15) is 0 Å². The Hall–Kier alpha value is -0.100. The Kier molecular flexibility index (Phi) is 3.58. The van der Waals surface area contributed by atoms with Crippen LogP contribution in [-0.4, -0.2) is 19.9 Å². The molecule has 0 radical (unpaired) electrons. The highest BCUT2D eigenvalue weighted by atomic mass is 35.5. The van der Waals surface area contributed by atoms with Crippen LogP contribution in [0.3, 0.4) is 0 Å². The van der Waals surface area contributed by atoms with Crippen LogP contribution >= 0.6 is 22.9 Å². The summed E-state index contributed by atoms with van der Waals surface area (Å²) >= 11 is 7.25. The Morgan fingerprint density at radius 1 is 1.57 bits per heavy atom. The van der Waals surface area contributed by atoms with Crippen molar-refractivity contribution in [1.82, 2.24) is 0 Å². The second kappa shape index (κ2) is 4.18. The quantitative estimate of drug-likeness (QED) is 0.894. The van der Waals surface area contributed by atoms with Crippen LogP contribution < -0.4 is 5.73 Å². The minimum absolute atomic E-state index is 0.540. The van der Waals surface area contributed by atoms with E-state index in [1.807, 2.05) is 0 Å². The van der Waals surface area contributed by atoms with E-state index in [0.29, 0.717) is 5.02 Å². The topological polar surface area (TPSA) is 60.2 Å². The maximum absolute atomic E-state index is 11.3. The molecule has 3 nitrogen and oxygen atoms in total. The molecule has 0 aliphatic rings. The summed E-state index contributed by atoms with van der Waals surface area (Å²) in [5.74, 6) is 0. The molecule has 80 valence electrons. The third-order valence-corrected chi connectivity index (χ3v) is 5.23. The molecule has 1 aromatic rings. The number of halogens is 1. The fraction of sp³-hybridized carbons (Fsp3) is 0.500. The van der Waals surface area contributed by atoms with Gasteiger partial charge in [-0.05, 0) is 18.4 Å². The molecule has 0 spiro atoms. The third-order valence-electron chi connectivity index (χ3n) is 2.13. The number of hydrogen-bond acceptors (Lipinski definition) is 4. The molecule has 0 aromatic carbocycles. The molecule has 0 saturated heterocycles. The highest BCUT2D eigenvalue weighted by Gasteiger charge is 2.26. The van der Waals surface area contributed by atoms with Crippen LogP contribution in [0.15, 0.2) is 11.4 Å². The molecule has 0 fully saturated rings. The van der Waals surface area contributed by atoms with Gasteiger partial charge in [0.25, 0.3) is 0 Å². The van der Waals surface area contributed by atoms with Gasteiger partial charge < -0.3 is 5.73 Å². The van der Waals surface area contributed by atoms with Gasteiger partial charge in [0.2, 0.25) is 0 Å². The van der Waals surface area contributed by atoms with Crippen molar-refractivity contribution in [3.8, 4) is 0 Å². The van der Waals surface area contributed by atoms with Gasteiger partial charge in [-0.15, -0.1) is 11.3 Å². The number of rotatable bonds is 3. The van der Waals surface area contributed by atoms with E-state index in [9.17, 15) is 8.42 Å². The zero-order valence-electron chi connectivity index (χ0n) is 7.90. The lowest BCUT2D eigenvalue weighted by atomic mass is 10.2. The maximum atomic E-state index is 11.3. The first-order valence-corrected chi connectivity index (χ1v) is 7.22. The average Bonchev–Trinajstić information content (AvgIpc) is 2.47. The van der Waals surface area contributed by atoms with Crippen LogP contribution in [0.5, 0.6) is 0 Å². The molecule has 0 aliphatic heterocycles. The van der Waals surface area contributed by atoms with Gasteiger partial charge >= 0.3 is 0 Å². The monoisotopic (exact) mass is 253 g/mol. The Labute approximate surface area is 92.8 Å². The number of hydrogen-bond donors (Lipinski definition) is 1. The van der Waals surface area contributed by atoms with Crippen LogP contribution in [-0.2, 0) is 9.84 Å². The predicted molar refractivity (Wildman–Crippen MR) is 60.6 cm³/mol. The van der Waals surface area contributed by atoms with Crippen molar-refractivity contribution < 1.29 is 8.42 Å². The van der Waals surface area contributed by atoms with E-state index < -0.39 is 21.1 Å². The SMILES string of the molecule is CC(C(N)c1sccc1Cl)S(C)(=O)=O. The fourth-order valence-electron chi connectivity index (χ4n) is 1.02. The zero-order valence-corrected chi connectivity index (χ0v) is 10.3. The smallest absolute Gasteiger partial charge is 0.151 e. The van der Waals surface area contributed by atoms with Crippen molar-refractivity contribution in [3.05, 3.63) is 21.3 Å². The zero-order chi connectivity index (χ0) is 10.9. The summed E-state index contributed by atoms with van der Waals surface area (Å²) in [5.41, 5.74) is 5.82. The van der Waals surface area contributed by atoms with E-state index in [4.69, 9.17) is 17.3 Å². The molecule has 1 rings (SSSR count). The summed E-state index contributed by atoms with van der Waals surface area (Å²) in [6.07, 6.45) is 1.18. The van der Waals surface area contributed by atoms with Crippen molar-refractivity contribution in [1.29, 1.82) is 0 Å². The molecule has 2 unspecified atom stereocenters. The summed E-state index contributed by atoms with van der Waals surface area (Å²) in [6.45, 7) is 1.59. The molecule has 2 atom stereocenters. The first-order chi connectivity index (χ1) is 6.34. The molecule has 14 heavy (non-hydrogen) atoms. The summed E-state index contributed by atoms with van der Waals surface area (Å²) in [7, 11) is -3.12. The standard InChI is InChI=1S/C8H12ClNO2S2/c1-5(14(2,11)12)7(10)8-6(9)3-4-13-8/h3-5,7H,10H2,1-2H3. The van der Waals surface area contributed by atoms with Gasteiger partial charge in [0.05, 0.1) is 16.3 Å². The van der Waals surface area contributed by atoms with Gasteiger partial charge in [0.1, 0.15) is 0 Å². The minimum atomic E-state index is -3.12.